The van der Waals surface area contributed by atoms with Crippen molar-refractivity contribution in [1.82, 2.24) is 14.4 Å². The van der Waals surface area contributed by atoms with Crippen molar-refractivity contribution in [2.45, 2.75) is 51.0 Å². The molecule has 0 N–H and O–H groups in total. The third-order valence-corrected chi connectivity index (χ3v) is 7.08. The second-order valence-electron chi connectivity index (χ2n) is 7.53. The van der Waals surface area contributed by atoms with Gasteiger partial charge >= 0.3 is 5.97 Å². The van der Waals surface area contributed by atoms with E-state index < -0.39 is 16.0 Å². The lowest BCUT2D eigenvalue weighted by Gasteiger charge is -2.30. The van der Waals surface area contributed by atoms with Crippen LogP contribution in [0.5, 0.6) is 0 Å². The third-order valence-electron chi connectivity index (χ3n) is 4.73. The number of sulfonamides is 1. The maximum absolute atomic E-state index is 13.0. The van der Waals surface area contributed by atoms with Gasteiger partial charge in [0.05, 0.1) is 10.6 Å². The van der Waals surface area contributed by atoms with Gasteiger partial charge in [0, 0.05) is 19.0 Å². The topological polar surface area (TPSA) is 103 Å². The number of carbonyl (C=O) groups is 1. The number of halogens is 1. The van der Waals surface area contributed by atoms with Crippen molar-refractivity contribution in [3.8, 4) is 0 Å². The van der Waals surface area contributed by atoms with Gasteiger partial charge in [-0.25, -0.2) is 13.2 Å². The van der Waals surface area contributed by atoms with Crippen LogP contribution in [0.2, 0.25) is 5.02 Å². The average molecular weight is 442 g/mol. The maximum Gasteiger partial charge on any atom is 0.338 e. The van der Waals surface area contributed by atoms with Crippen molar-refractivity contribution >= 4 is 27.6 Å². The first kappa shape index (κ1) is 21.7. The van der Waals surface area contributed by atoms with Crippen molar-refractivity contribution in [2.24, 2.45) is 5.92 Å². The van der Waals surface area contributed by atoms with Crippen LogP contribution in [0.3, 0.4) is 0 Å². The number of hydrogen-bond acceptors (Lipinski definition) is 7. The summed E-state index contributed by atoms with van der Waals surface area (Å²) in [5.41, 5.74) is 0.0848. The minimum Gasteiger partial charge on any atom is -0.452 e. The van der Waals surface area contributed by atoms with E-state index in [4.69, 9.17) is 20.9 Å². The highest BCUT2D eigenvalue weighted by molar-refractivity contribution is 7.89. The van der Waals surface area contributed by atoms with Crippen LogP contribution in [0.25, 0.3) is 0 Å². The molecular weight excluding hydrogens is 418 g/mol. The summed E-state index contributed by atoms with van der Waals surface area (Å²) in [4.78, 5) is 16.5. The zero-order valence-corrected chi connectivity index (χ0v) is 18.2. The Balaban J connectivity index is 1.76. The highest BCUT2D eigenvalue weighted by atomic mass is 35.5. The first-order chi connectivity index (χ1) is 13.7. The van der Waals surface area contributed by atoms with Crippen LogP contribution < -0.4 is 0 Å². The van der Waals surface area contributed by atoms with Gasteiger partial charge in [-0.15, -0.1) is 0 Å². The summed E-state index contributed by atoms with van der Waals surface area (Å²) in [6.45, 7) is 6.51. The number of rotatable bonds is 6. The molecule has 0 bridgehead atoms. The molecule has 0 amide bonds. The van der Waals surface area contributed by atoms with Gasteiger partial charge in [-0.1, -0.05) is 37.5 Å². The Morgan fingerprint density at radius 1 is 1.41 bits per heavy atom. The molecule has 1 saturated heterocycles. The van der Waals surface area contributed by atoms with Crippen LogP contribution in [0.1, 0.15) is 61.6 Å². The van der Waals surface area contributed by atoms with Crippen LogP contribution in [0, 0.1) is 5.92 Å². The molecule has 1 atom stereocenters. The van der Waals surface area contributed by atoms with Crippen molar-refractivity contribution < 1.29 is 22.5 Å². The van der Waals surface area contributed by atoms with E-state index in [1.54, 1.807) is 0 Å². The van der Waals surface area contributed by atoms with Crippen LogP contribution in [-0.2, 0) is 21.4 Å². The highest BCUT2D eigenvalue weighted by Gasteiger charge is 2.31. The number of nitrogens with zero attached hydrogens (tertiary/aromatic N) is 3. The first-order valence-electron chi connectivity index (χ1n) is 9.47. The van der Waals surface area contributed by atoms with Gasteiger partial charge in [0.1, 0.15) is 4.90 Å². The molecule has 2 heterocycles. The zero-order valence-electron chi connectivity index (χ0n) is 16.6. The molecule has 10 heteroatoms. The van der Waals surface area contributed by atoms with Gasteiger partial charge in [-0.3, -0.25) is 0 Å². The highest BCUT2D eigenvalue weighted by Crippen LogP contribution is 2.29. The summed E-state index contributed by atoms with van der Waals surface area (Å²) in [7, 11) is -3.80. The molecule has 158 valence electrons. The van der Waals surface area contributed by atoms with Crippen LogP contribution in [0.15, 0.2) is 27.6 Å². The van der Waals surface area contributed by atoms with Gasteiger partial charge in [0.25, 0.3) is 5.89 Å². The SMILES string of the molecule is CC1CCCN(S(=O)(=O)c2cc(C(=O)OCc3nc(C(C)C)no3)ccc2Cl)C1. The predicted octanol–water partition coefficient (Wildman–Crippen LogP) is 3.62. The number of hydrogen-bond donors (Lipinski definition) is 0. The standard InChI is InChI=1S/C19H24ClN3O5S/c1-12(2)18-21-17(28-22-18)11-27-19(24)14-6-7-15(20)16(9-14)29(25,26)23-8-4-5-13(3)10-23/h6-7,9,12-13H,4-5,8,10-11H2,1-3H3. The van der Waals surface area contributed by atoms with Gasteiger partial charge < -0.3 is 9.26 Å². The fourth-order valence-corrected chi connectivity index (χ4v) is 5.20. The van der Waals surface area contributed by atoms with Crippen molar-refractivity contribution in [3.05, 3.63) is 40.5 Å². The molecule has 3 rings (SSSR count). The molecule has 1 aliphatic rings. The largest absolute Gasteiger partial charge is 0.452 e. The van der Waals surface area contributed by atoms with Crippen molar-refractivity contribution in [2.75, 3.05) is 13.1 Å². The molecule has 0 aliphatic carbocycles. The molecule has 8 nitrogen and oxygen atoms in total. The molecule has 2 aromatic rings. The molecule has 29 heavy (non-hydrogen) atoms. The molecule has 1 aromatic heterocycles. The Hall–Kier alpha value is -1.97. The summed E-state index contributed by atoms with van der Waals surface area (Å²) >= 11 is 6.16. The zero-order chi connectivity index (χ0) is 21.2. The van der Waals surface area contributed by atoms with Gasteiger partial charge in [0.15, 0.2) is 12.4 Å². The second kappa shape index (κ2) is 8.81. The molecule has 0 spiro atoms. The lowest BCUT2D eigenvalue weighted by Crippen LogP contribution is -2.39. The fourth-order valence-electron chi connectivity index (χ4n) is 3.10. The van der Waals surface area contributed by atoms with E-state index in [0.717, 1.165) is 12.8 Å². The second-order valence-corrected chi connectivity index (χ2v) is 9.85. The van der Waals surface area contributed by atoms with Crippen molar-refractivity contribution in [1.29, 1.82) is 0 Å². The third kappa shape index (κ3) is 4.96. The number of esters is 1. The fraction of sp³-hybridized carbons (Fsp3) is 0.526. The lowest BCUT2D eigenvalue weighted by atomic mass is 10.0. The summed E-state index contributed by atoms with van der Waals surface area (Å²) in [6, 6.07) is 4.07. The summed E-state index contributed by atoms with van der Waals surface area (Å²) in [5.74, 6) is 0.354. The average Bonchev–Trinajstić information content (AvgIpc) is 3.16. The van der Waals surface area contributed by atoms with Gasteiger partial charge in [-0.05, 0) is 37.0 Å². The minimum absolute atomic E-state index is 0.0678. The summed E-state index contributed by atoms with van der Waals surface area (Å²) < 4.78 is 37.7. The van der Waals surface area contributed by atoms with Crippen LogP contribution >= 0.6 is 11.6 Å². The van der Waals surface area contributed by atoms with E-state index in [0.29, 0.717) is 18.9 Å². The predicted molar refractivity (Wildman–Crippen MR) is 106 cm³/mol. The quantitative estimate of drug-likeness (QED) is 0.630. The van der Waals surface area contributed by atoms with E-state index in [-0.39, 0.29) is 39.8 Å². The van der Waals surface area contributed by atoms with E-state index >= 15 is 0 Å². The van der Waals surface area contributed by atoms with Gasteiger partial charge in [-0.2, -0.15) is 9.29 Å². The Kier molecular flexibility index (Phi) is 6.60. The monoisotopic (exact) mass is 441 g/mol. The number of aromatic nitrogens is 2. The smallest absolute Gasteiger partial charge is 0.338 e. The molecule has 0 radical (unpaired) electrons. The molecule has 0 saturated carbocycles. The molecule has 1 aliphatic heterocycles. The normalized spacial score (nSPS) is 18.2. The van der Waals surface area contributed by atoms with Crippen LogP contribution in [-0.4, -0.2) is 41.9 Å². The van der Waals surface area contributed by atoms with Crippen LogP contribution in [0.4, 0.5) is 0 Å². The molecule has 1 fully saturated rings. The first-order valence-corrected chi connectivity index (χ1v) is 11.3. The summed E-state index contributed by atoms with van der Waals surface area (Å²) in [5, 5.41) is 3.87. The Morgan fingerprint density at radius 2 is 2.17 bits per heavy atom. The Labute approximate surface area is 175 Å². The van der Waals surface area contributed by atoms with E-state index in [1.807, 2.05) is 20.8 Å². The number of carbonyl (C=O) groups excluding carboxylic acids is 1. The van der Waals surface area contributed by atoms with Crippen molar-refractivity contribution in [3.63, 3.8) is 0 Å². The Bertz CT molecular complexity index is 989. The molecular formula is C19H24ClN3O5S. The molecule has 1 aromatic carbocycles. The number of benzene rings is 1. The van der Waals surface area contributed by atoms with E-state index in [1.165, 1.54) is 22.5 Å². The summed E-state index contributed by atoms with van der Waals surface area (Å²) in [6.07, 6.45) is 1.78. The van der Waals surface area contributed by atoms with E-state index in [2.05, 4.69) is 10.1 Å². The van der Waals surface area contributed by atoms with E-state index in [9.17, 15) is 13.2 Å². The lowest BCUT2D eigenvalue weighted by molar-refractivity contribution is 0.0429. The number of piperidine rings is 1. The minimum atomic E-state index is -3.80. The van der Waals surface area contributed by atoms with Gasteiger partial charge in [0.2, 0.25) is 10.0 Å². The molecule has 1 unspecified atom stereocenters. The Morgan fingerprint density at radius 3 is 2.83 bits per heavy atom. The maximum atomic E-state index is 13.0. The number of ether oxygens (including phenoxy) is 1.